The van der Waals surface area contributed by atoms with Crippen LogP contribution >= 0.6 is 0 Å². The predicted molar refractivity (Wildman–Crippen MR) is 181 cm³/mol. The van der Waals surface area contributed by atoms with Crippen LogP contribution in [0.15, 0.2) is 72.8 Å². The number of epoxide rings is 1. The number of carbonyl (C=O) groups excluding carboxylic acids is 4. The molecule has 0 bridgehead atoms. The molecule has 1 heterocycles. The summed E-state index contributed by atoms with van der Waals surface area (Å²) in [6.45, 7) is 19.6. The van der Waals surface area contributed by atoms with Crippen molar-refractivity contribution in [1.82, 2.24) is 10.6 Å². The quantitative estimate of drug-likeness (QED) is 0.170. The molecule has 1 saturated heterocycles. The summed E-state index contributed by atoms with van der Waals surface area (Å²) in [6, 6.07) is 18.9. The van der Waals surface area contributed by atoms with Gasteiger partial charge >= 0.3 is 0 Å². The van der Waals surface area contributed by atoms with Gasteiger partial charge in [-0.2, -0.15) is 0 Å². The molecule has 1 aliphatic rings. The van der Waals surface area contributed by atoms with E-state index in [1.807, 2.05) is 88.4 Å². The minimum absolute atomic E-state index is 0.00791. The van der Waals surface area contributed by atoms with Crippen LogP contribution in [0, 0.1) is 23.7 Å². The first-order chi connectivity index (χ1) is 21.1. The third-order valence-electron chi connectivity index (χ3n) is 7.86. The van der Waals surface area contributed by atoms with Crippen LogP contribution in [0.4, 0.5) is 0 Å². The minimum atomic E-state index is -0.699. The Labute approximate surface area is 270 Å². The average Bonchev–Trinajstić information content (AvgIpc) is 3.74. The Morgan fingerprint density at radius 3 is 1.47 bits per heavy atom. The van der Waals surface area contributed by atoms with Crippen LogP contribution in [0.2, 0.25) is 0 Å². The Morgan fingerprint density at radius 2 is 1.11 bits per heavy atom. The van der Waals surface area contributed by atoms with E-state index in [0.29, 0.717) is 49.7 Å². The Bertz CT molecular complexity index is 1270. The maximum atomic E-state index is 12.5. The second-order valence-corrected chi connectivity index (χ2v) is 13.6. The van der Waals surface area contributed by atoms with Gasteiger partial charge in [0.2, 0.25) is 11.8 Å². The van der Waals surface area contributed by atoms with Crippen molar-refractivity contribution in [1.29, 1.82) is 0 Å². The fourth-order valence-electron chi connectivity index (χ4n) is 5.07. The number of Topliss-reactive ketones (excluding diaryl/α,β-unsaturated/α-hetero) is 2. The topological polar surface area (TPSA) is 105 Å². The number of rotatable bonds is 16. The molecule has 7 heteroatoms. The second kappa shape index (κ2) is 17.8. The molecule has 2 N–H and O–H groups in total. The molecule has 1 aliphatic heterocycles. The lowest BCUT2D eigenvalue weighted by molar-refractivity contribution is -0.132. The Hall–Kier alpha value is -3.58. The number of nitrogens with one attached hydrogen (secondary N) is 2. The first-order valence-electron chi connectivity index (χ1n) is 16.2. The number of hydrogen-bond acceptors (Lipinski definition) is 5. The Morgan fingerprint density at radius 1 is 0.733 bits per heavy atom. The molecule has 45 heavy (non-hydrogen) atoms. The number of hydrogen-bond donors (Lipinski definition) is 2. The summed E-state index contributed by atoms with van der Waals surface area (Å²) in [6.07, 6.45) is 2.61. The molecule has 1 fully saturated rings. The van der Waals surface area contributed by atoms with E-state index in [-0.39, 0.29) is 35.2 Å². The number of ether oxygens (including phenoxy) is 1. The molecule has 3 rings (SSSR count). The highest BCUT2D eigenvalue weighted by Gasteiger charge is 2.50. The van der Waals surface area contributed by atoms with E-state index in [1.165, 1.54) is 0 Å². The fourth-order valence-corrected chi connectivity index (χ4v) is 5.07. The van der Waals surface area contributed by atoms with Crippen LogP contribution in [-0.2, 0) is 36.8 Å². The van der Waals surface area contributed by atoms with E-state index in [4.69, 9.17) is 4.74 Å². The molecular weight excluding hydrogens is 564 g/mol. The third kappa shape index (κ3) is 13.1. The highest BCUT2D eigenvalue weighted by molar-refractivity contribution is 6.00. The molecule has 0 radical (unpaired) electrons. The zero-order chi connectivity index (χ0) is 33.7. The smallest absolute Gasteiger partial charge is 0.223 e. The summed E-state index contributed by atoms with van der Waals surface area (Å²) < 4.78 is 5.26. The van der Waals surface area contributed by atoms with Gasteiger partial charge < -0.3 is 15.4 Å². The zero-order valence-corrected chi connectivity index (χ0v) is 28.5. The Balaban J connectivity index is 0.000000314. The highest BCUT2D eigenvalue weighted by atomic mass is 16.6. The van der Waals surface area contributed by atoms with Gasteiger partial charge in [-0.3, -0.25) is 19.2 Å². The third-order valence-corrected chi connectivity index (χ3v) is 7.86. The molecule has 5 atom stereocenters. The molecule has 1 unspecified atom stereocenters. The van der Waals surface area contributed by atoms with Gasteiger partial charge in [-0.25, -0.2) is 0 Å². The van der Waals surface area contributed by atoms with E-state index < -0.39 is 17.7 Å². The molecule has 0 saturated carbocycles. The molecular formula is C38H54N2O5. The molecule has 0 aromatic heterocycles. The van der Waals surface area contributed by atoms with Gasteiger partial charge in [0, 0.05) is 11.8 Å². The lowest BCUT2D eigenvalue weighted by atomic mass is 9.92. The van der Waals surface area contributed by atoms with Crippen molar-refractivity contribution in [2.75, 3.05) is 6.61 Å². The molecule has 2 aromatic rings. The molecule has 7 nitrogen and oxygen atoms in total. The number of amides is 2. The zero-order valence-electron chi connectivity index (χ0n) is 28.5. The minimum Gasteiger partial charge on any atom is -0.361 e. The van der Waals surface area contributed by atoms with Gasteiger partial charge in [0.15, 0.2) is 11.6 Å². The Kier molecular flexibility index (Phi) is 14.9. The SMILES string of the molecule is C=C(C)C(=O)[C@H](CC(C)C)NC(=O)[C@H](C)Cc1ccccc1.CC(C)C[C@H](NC(=O)[C@H](C)Cc1ccccc1)C(=O)C1(C)CO1. The largest absolute Gasteiger partial charge is 0.361 e. The summed E-state index contributed by atoms with van der Waals surface area (Å²) in [5.41, 5.74) is 2.04. The standard InChI is InChI=1S/C19H27NO3.C19H27NO2/c1-13(2)10-16(17(21)19(4)12-23-19)20-18(22)14(3)11-15-8-6-5-7-9-15;1-13(2)11-17(18(21)14(3)4)20-19(22)15(5)12-16-9-7-6-8-10-16/h5-9,13-14,16H,10-12H2,1-4H3,(H,20,22);6-10,13,15,17H,3,11-12H2,1-2,4-5H3,(H,20,22)/t14-,16+,19?;15-,17+/m11/s1. The van der Waals surface area contributed by atoms with E-state index in [1.54, 1.807) is 13.8 Å². The fraction of sp³-hybridized carbons (Fsp3) is 0.526. The van der Waals surface area contributed by atoms with Gasteiger partial charge in [0.05, 0.1) is 18.7 Å². The first-order valence-corrected chi connectivity index (χ1v) is 16.2. The first kappa shape index (κ1) is 37.6. The van der Waals surface area contributed by atoms with E-state index in [9.17, 15) is 19.2 Å². The monoisotopic (exact) mass is 618 g/mol. The lowest BCUT2D eigenvalue weighted by Gasteiger charge is -2.23. The van der Waals surface area contributed by atoms with Crippen molar-refractivity contribution in [3.63, 3.8) is 0 Å². The predicted octanol–water partition coefficient (Wildman–Crippen LogP) is 6.30. The van der Waals surface area contributed by atoms with Gasteiger partial charge in [-0.05, 0) is 68.1 Å². The van der Waals surface area contributed by atoms with Crippen LogP contribution in [0.1, 0.15) is 79.4 Å². The van der Waals surface area contributed by atoms with Crippen molar-refractivity contribution < 1.29 is 23.9 Å². The van der Waals surface area contributed by atoms with E-state index in [0.717, 1.165) is 11.1 Å². The van der Waals surface area contributed by atoms with Crippen LogP contribution < -0.4 is 10.6 Å². The van der Waals surface area contributed by atoms with Crippen LogP contribution in [-0.4, -0.2) is 47.7 Å². The normalized spacial score (nSPS) is 18.1. The van der Waals surface area contributed by atoms with Crippen LogP contribution in [0.3, 0.4) is 0 Å². The summed E-state index contributed by atoms with van der Waals surface area (Å²) in [4.78, 5) is 49.6. The van der Waals surface area contributed by atoms with E-state index in [2.05, 4.69) is 31.1 Å². The maximum absolute atomic E-state index is 12.5. The van der Waals surface area contributed by atoms with Crippen LogP contribution in [0.5, 0.6) is 0 Å². The van der Waals surface area contributed by atoms with Crippen molar-refractivity contribution >= 4 is 23.4 Å². The van der Waals surface area contributed by atoms with Crippen LogP contribution in [0.25, 0.3) is 0 Å². The molecule has 246 valence electrons. The second-order valence-electron chi connectivity index (χ2n) is 13.6. The van der Waals surface area contributed by atoms with Crippen molar-refractivity contribution in [2.24, 2.45) is 23.7 Å². The van der Waals surface area contributed by atoms with Crippen molar-refractivity contribution in [3.8, 4) is 0 Å². The molecule has 2 aromatic carbocycles. The number of carbonyl (C=O) groups is 4. The lowest BCUT2D eigenvalue weighted by Crippen LogP contribution is -2.48. The average molecular weight is 619 g/mol. The van der Waals surface area contributed by atoms with Crippen molar-refractivity contribution in [3.05, 3.63) is 83.9 Å². The summed E-state index contributed by atoms with van der Waals surface area (Å²) >= 11 is 0. The summed E-state index contributed by atoms with van der Waals surface area (Å²) in [5.74, 6) is 0.0819. The summed E-state index contributed by atoms with van der Waals surface area (Å²) in [7, 11) is 0. The van der Waals surface area contributed by atoms with Gasteiger partial charge in [-0.15, -0.1) is 0 Å². The van der Waals surface area contributed by atoms with Gasteiger partial charge in [0.25, 0.3) is 0 Å². The highest BCUT2D eigenvalue weighted by Crippen LogP contribution is 2.29. The number of ketones is 2. The molecule has 2 amide bonds. The van der Waals surface area contributed by atoms with Gasteiger partial charge in [0.1, 0.15) is 5.60 Å². The van der Waals surface area contributed by atoms with E-state index >= 15 is 0 Å². The maximum Gasteiger partial charge on any atom is 0.223 e. The van der Waals surface area contributed by atoms with Crippen molar-refractivity contribution in [2.45, 2.75) is 98.8 Å². The number of benzene rings is 2. The molecule has 0 spiro atoms. The summed E-state index contributed by atoms with van der Waals surface area (Å²) in [5, 5.41) is 5.85. The molecule has 0 aliphatic carbocycles. The van der Waals surface area contributed by atoms with Gasteiger partial charge in [-0.1, -0.05) is 109 Å².